The summed E-state index contributed by atoms with van der Waals surface area (Å²) in [5.41, 5.74) is 0. The topological polar surface area (TPSA) is 113 Å². The first-order valence-electron chi connectivity index (χ1n) is 9.43. The Labute approximate surface area is 157 Å². The summed E-state index contributed by atoms with van der Waals surface area (Å²) in [5, 5.41) is 10.1. The first-order chi connectivity index (χ1) is 13.1. The second-order valence-corrected chi connectivity index (χ2v) is 7.18. The Morgan fingerprint density at radius 2 is 1.96 bits per heavy atom. The van der Waals surface area contributed by atoms with E-state index < -0.39 is 0 Å². The minimum atomic E-state index is -0.143. The third kappa shape index (κ3) is 3.22. The molecular formula is C18H24N6O3. The van der Waals surface area contributed by atoms with Crippen molar-refractivity contribution >= 4 is 17.8 Å². The SMILES string of the molecule is CCNC(=NCc1noc(C)n1)NCCN1C(=O)C2C3C=CC(C3)C2C1=O. The summed E-state index contributed by atoms with van der Waals surface area (Å²) in [4.78, 5) is 35.3. The smallest absolute Gasteiger partial charge is 0.233 e. The van der Waals surface area contributed by atoms with E-state index >= 15 is 0 Å². The molecule has 2 bridgehead atoms. The van der Waals surface area contributed by atoms with Gasteiger partial charge >= 0.3 is 0 Å². The number of fused-ring (bicyclic) bond motifs is 5. The molecule has 1 saturated carbocycles. The molecule has 0 aromatic carbocycles. The van der Waals surface area contributed by atoms with Gasteiger partial charge in [0.05, 0.1) is 11.8 Å². The maximum Gasteiger partial charge on any atom is 0.233 e. The number of amides is 2. The summed E-state index contributed by atoms with van der Waals surface area (Å²) in [6.45, 7) is 5.45. The molecule has 27 heavy (non-hydrogen) atoms. The Balaban J connectivity index is 1.32. The molecule has 3 aliphatic rings. The van der Waals surface area contributed by atoms with Gasteiger partial charge in [0.2, 0.25) is 17.7 Å². The van der Waals surface area contributed by atoms with Crippen LogP contribution in [0.5, 0.6) is 0 Å². The van der Waals surface area contributed by atoms with Gasteiger partial charge in [0.15, 0.2) is 11.8 Å². The van der Waals surface area contributed by atoms with Crippen LogP contribution in [0.3, 0.4) is 0 Å². The van der Waals surface area contributed by atoms with Crippen LogP contribution in [0.15, 0.2) is 21.7 Å². The fraction of sp³-hybridized carbons (Fsp3) is 0.611. The van der Waals surface area contributed by atoms with Crippen LogP contribution in [0.4, 0.5) is 0 Å². The lowest BCUT2D eigenvalue weighted by molar-refractivity contribution is -0.140. The quantitative estimate of drug-likeness (QED) is 0.318. The number of nitrogens with zero attached hydrogens (tertiary/aromatic N) is 4. The highest BCUT2D eigenvalue weighted by molar-refractivity contribution is 6.06. The summed E-state index contributed by atoms with van der Waals surface area (Å²) in [6.07, 6.45) is 5.16. The van der Waals surface area contributed by atoms with Gasteiger partial charge in [-0.05, 0) is 25.2 Å². The van der Waals surface area contributed by atoms with Gasteiger partial charge in [0, 0.05) is 26.6 Å². The molecule has 144 valence electrons. The maximum absolute atomic E-state index is 12.7. The molecule has 0 radical (unpaired) electrons. The fourth-order valence-electron chi connectivity index (χ4n) is 4.37. The van der Waals surface area contributed by atoms with Crippen LogP contribution < -0.4 is 10.6 Å². The number of hydrogen-bond donors (Lipinski definition) is 2. The molecule has 2 amide bonds. The molecule has 9 nitrogen and oxygen atoms in total. The molecule has 1 aliphatic heterocycles. The summed E-state index contributed by atoms with van der Waals surface area (Å²) in [6, 6.07) is 0. The predicted octanol–water partition coefficient (Wildman–Crippen LogP) is 0.240. The van der Waals surface area contributed by atoms with Crippen molar-refractivity contribution in [3.8, 4) is 0 Å². The molecule has 0 spiro atoms. The standard InChI is InChI=1S/C18H24N6O3/c1-3-19-18(21-9-13-22-10(2)27-23-13)20-6-7-24-16(25)14-11-4-5-12(8-11)15(14)17(24)26/h4-5,11-12,14-15H,3,6-9H2,1-2H3,(H2,19,20,21). The van der Waals surface area contributed by atoms with E-state index in [0.717, 1.165) is 6.42 Å². The zero-order valence-electron chi connectivity index (χ0n) is 15.5. The zero-order valence-corrected chi connectivity index (χ0v) is 15.5. The Kier molecular flexibility index (Phi) is 4.67. The lowest BCUT2D eigenvalue weighted by Crippen LogP contribution is -2.43. The number of hydrogen-bond acceptors (Lipinski definition) is 6. The molecule has 2 aliphatic carbocycles. The maximum atomic E-state index is 12.7. The van der Waals surface area contributed by atoms with Crippen LogP contribution in [0.1, 0.15) is 25.1 Å². The number of aryl methyl sites for hydroxylation is 1. The second-order valence-electron chi connectivity index (χ2n) is 7.18. The molecule has 2 N–H and O–H groups in total. The normalized spacial score (nSPS) is 29.0. The van der Waals surface area contributed by atoms with Crippen LogP contribution in [0.2, 0.25) is 0 Å². The fourth-order valence-corrected chi connectivity index (χ4v) is 4.37. The molecular weight excluding hydrogens is 348 g/mol. The van der Waals surface area contributed by atoms with E-state index in [1.807, 2.05) is 6.92 Å². The number of guanidine groups is 1. The average molecular weight is 372 g/mol. The first kappa shape index (κ1) is 17.7. The lowest BCUT2D eigenvalue weighted by atomic mass is 9.85. The number of carbonyl (C=O) groups is 2. The number of imide groups is 1. The largest absolute Gasteiger partial charge is 0.357 e. The third-order valence-electron chi connectivity index (χ3n) is 5.48. The van der Waals surface area contributed by atoms with E-state index in [1.54, 1.807) is 6.92 Å². The predicted molar refractivity (Wildman–Crippen MR) is 96.3 cm³/mol. The van der Waals surface area contributed by atoms with Gasteiger partial charge in [-0.3, -0.25) is 14.5 Å². The van der Waals surface area contributed by atoms with Crippen molar-refractivity contribution < 1.29 is 14.1 Å². The Morgan fingerprint density at radius 1 is 1.26 bits per heavy atom. The van der Waals surface area contributed by atoms with Crippen molar-refractivity contribution in [3.05, 3.63) is 23.9 Å². The van der Waals surface area contributed by atoms with Crippen LogP contribution in [-0.4, -0.2) is 52.4 Å². The molecule has 4 atom stereocenters. The van der Waals surface area contributed by atoms with E-state index in [1.165, 1.54) is 4.90 Å². The van der Waals surface area contributed by atoms with Gasteiger partial charge in [-0.1, -0.05) is 17.3 Å². The summed E-state index contributed by atoms with van der Waals surface area (Å²) in [7, 11) is 0. The average Bonchev–Trinajstić information content (AvgIpc) is 3.40. The van der Waals surface area contributed by atoms with Crippen LogP contribution in [-0.2, 0) is 16.1 Å². The van der Waals surface area contributed by atoms with Gasteiger partial charge in [-0.2, -0.15) is 4.98 Å². The molecule has 4 rings (SSSR count). The number of aliphatic imine (C=N–C) groups is 1. The van der Waals surface area contributed by atoms with Crippen molar-refractivity contribution in [2.45, 2.75) is 26.8 Å². The van der Waals surface area contributed by atoms with Gasteiger partial charge < -0.3 is 15.2 Å². The number of rotatable bonds is 6. The highest BCUT2D eigenvalue weighted by Crippen LogP contribution is 2.52. The number of allylic oxidation sites excluding steroid dienone is 2. The third-order valence-corrected chi connectivity index (χ3v) is 5.48. The highest BCUT2D eigenvalue weighted by Gasteiger charge is 2.58. The monoisotopic (exact) mass is 372 g/mol. The lowest BCUT2D eigenvalue weighted by Gasteiger charge is -2.18. The van der Waals surface area contributed by atoms with Crippen LogP contribution in [0, 0.1) is 30.6 Å². The molecule has 4 unspecified atom stereocenters. The van der Waals surface area contributed by atoms with Crippen molar-refractivity contribution in [2.24, 2.45) is 28.7 Å². The Hall–Kier alpha value is -2.71. The molecule has 2 fully saturated rings. The van der Waals surface area contributed by atoms with Crippen molar-refractivity contribution in [1.82, 2.24) is 25.7 Å². The van der Waals surface area contributed by atoms with Crippen LogP contribution >= 0.6 is 0 Å². The Morgan fingerprint density at radius 3 is 2.56 bits per heavy atom. The van der Waals surface area contributed by atoms with E-state index in [0.29, 0.717) is 37.3 Å². The molecule has 1 aromatic heterocycles. The second kappa shape index (κ2) is 7.13. The zero-order chi connectivity index (χ0) is 19.0. The van der Waals surface area contributed by atoms with Gasteiger partial charge in [0.1, 0.15) is 6.54 Å². The number of nitrogens with one attached hydrogen (secondary N) is 2. The summed E-state index contributed by atoms with van der Waals surface area (Å²) in [5.74, 6) is 1.75. The molecule has 9 heteroatoms. The highest BCUT2D eigenvalue weighted by atomic mass is 16.5. The van der Waals surface area contributed by atoms with Gasteiger partial charge in [-0.15, -0.1) is 0 Å². The van der Waals surface area contributed by atoms with Gasteiger partial charge in [-0.25, -0.2) is 4.99 Å². The number of carbonyl (C=O) groups excluding carboxylic acids is 2. The summed E-state index contributed by atoms with van der Waals surface area (Å²) >= 11 is 0. The van der Waals surface area contributed by atoms with E-state index in [-0.39, 0.29) is 42.0 Å². The van der Waals surface area contributed by atoms with E-state index in [4.69, 9.17) is 4.52 Å². The molecule has 2 heterocycles. The molecule has 1 saturated heterocycles. The van der Waals surface area contributed by atoms with Crippen LogP contribution in [0.25, 0.3) is 0 Å². The summed E-state index contributed by atoms with van der Waals surface area (Å²) < 4.78 is 4.93. The Bertz CT molecular complexity index is 771. The van der Waals surface area contributed by atoms with E-state index in [9.17, 15) is 9.59 Å². The number of aromatic nitrogens is 2. The number of likely N-dealkylation sites (tertiary alicyclic amines) is 1. The van der Waals surface area contributed by atoms with E-state index in [2.05, 4.69) is 37.9 Å². The minimum Gasteiger partial charge on any atom is -0.357 e. The van der Waals surface area contributed by atoms with Crippen molar-refractivity contribution in [1.29, 1.82) is 0 Å². The minimum absolute atomic E-state index is 0.0205. The van der Waals surface area contributed by atoms with Crippen molar-refractivity contribution in [2.75, 3.05) is 19.6 Å². The van der Waals surface area contributed by atoms with Crippen molar-refractivity contribution in [3.63, 3.8) is 0 Å². The molecule has 1 aromatic rings. The van der Waals surface area contributed by atoms with Gasteiger partial charge in [0.25, 0.3) is 0 Å². The first-order valence-corrected chi connectivity index (χ1v) is 9.43.